The van der Waals surface area contributed by atoms with Gasteiger partial charge in [0.25, 0.3) is 11.5 Å². The number of hydrogen-bond acceptors (Lipinski definition) is 5. The molecular weight excluding hydrogens is 494 g/mol. The lowest BCUT2D eigenvalue weighted by atomic mass is 10.0. The molecule has 0 fully saturated rings. The highest BCUT2D eigenvalue weighted by Crippen LogP contribution is 2.35. The summed E-state index contributed by atoms with van der Waals surface area (Å²) in [7, 11) is 0. The van der Waals surface area contributed by atoms with Gasteiger partial charge in [-0.25, -0.2) is 9.67 Å². The molecule has 0 radical (unpaired) electrons. The first-order chi connectivity index (χ1) is 16.7. The second kappa shape index (κ2) is 8.77. The zero-order valence-corrected chi connectivity index (χ0v) is 18.6. The molecule has 8 nitrogen and oxygen atoms in total. The SMILES string of the molecule is Cc1cc(-c2nn(Cc3ccc([N+](=O)[O-])c(C)c3)cc2-n2cnc(C(F)(F)F)n2)cc(C(F)(F)F)c1. The van der Waals surface area contributed by atoms with Crippen molar-refractivity contribution in [2.45, 2.75) is 32.7 Å². The van der Waals surface area contributed by atoms with Gasteiger partial charge < -0.3 is 0 Å². The van der Waals surface area contributed by atoms with Gasteiger partial charge in [-0.3, -0.25) is 14.8 Å². The first kappa shape index (κ1) is 24.9. The van der Waals surface area contributed by atoms with Crippen LogP contribution in [0, 0.1) is 24.0 Å². The van der Waals surface area contributed by atoms with Crippen LogP contribution in [0.1, 0.15) is 28.1 Å². The number of benzene rings is 2. The zero-order valence-electron chi connectivity index (χ0n) is 18.6. The molecule has 0 aliphatic carbocycles. The van der Waals surface area contributed by atoms with Crippen LogP contribution in [0.2, 0.25) is 0 Å². The van der Waals surface area contributed by atoms with E-state index >= 15 is 0 Å². The predicted molar refractivity (Wildman–Crippen MR) is 114 cm³/mol. The third kappa shape index (κ3) is 5.06. The molecule has 4 aromatic rings. The van der Waals surface area contributed by atoms with Crippen LogP contribution in [-0.2, 0) is 18.9 Å². The molecule has 0 saturated carbocycles. The highest BCUT2D eigenvalue weighted by atomic mass is 19.4. The smallest absolute Gasteiger partial charge is 0.265 e. The number of aromatic nitrogens is 5. The molecule has 0 unspecified atom stereocenters. The minimum absolute atomic E-state index is 0.0139. The maximum atomic E-state index is 13.4. The Labute approximate surface area is 199 Å². The Morgan fingerprint density at radius 1 is 0.972 bits per heavy atom. The lowest BCUT2D eigenvalue weighted by Gasteiger charge is -2.10. The lowest BCUT2D eigenvalue weighted by Crippen LogP contribution is -2.09. The van der Waals surface area contributed by atoms with E-state index in [1.54, 1.807) is 13.0 Å². The van der Waals surface area contributed by atoms with E-state index in [1.807, 2.05) is 0 Å². The monoisotopic (exact) mass is 510 g/mol. The molecule has 0 spiro atoms. The Bertz CT molecular complexity index is 1450. The zero-order chi connectivity index (χ0) is 26.4. The first-order valence-corrected chi connectivity index (χ1v) is 10.2. The van der Waals surface area contributed by atoms with E-state index in [2.05, 4.69) is 15.2 Å². The minimum atomic E-state index is -4.83. The number of hydrogen-bond donors (Lipinski definition) is 0. The van der Waals surface area contributed by atoms with Gasteiger partial charge in [0, 0.05) is 17.2 Å². The van der Waals surface area contributed by atoms with Gasteiger partial charge in [-0.15, -0.1) is 5.10 Å². The van der Waals surface area contributed by atoms with Crippen molar-refractivity contribution in [3.63, 3.8) is 0 Å². The van der Waals surface area contributed by atoms with Gasteiger partial charge in [0.05, 0.1) is 23.2 Å². The Balaban J connectivity index is 1.83. The summed E-state index contributed by atoms with van der Waals surface area (Å²) in [6.07, 6.45) is -7.37. The average molecular weight is 510 g/mol. The molecule has 0 amide bonds. The summed E-state index contributed by atoms with van der Waals surface area (Å²) < 4.78 is 81.5. The van der Waals surface area contributed by atoms with E-state index < -0.39 is 28.7 Å². The second-order valence-electron chi connectivity index (χ2n) is 8.03. The van der Waals surface area contributed by atoms with Crippen LogP contribution < -0.4 is 0 Å². The summed E-state index contributed by atoms with van der Waals surface area (Å²) in [4.78, 5) is 13.8. The first-order valence-electron chi connectivity index (χ1n) is 10.2. The van der Waals surface area contributed by atoms with E-state index in [0.717, 1.165) is 23.1 Å². The summed E-state index contributed by atoms with van der Waals surface area (Å²) in [6, 6.07) is 7.54. The van der Waals surface area contributed by atoms with Gasteiger partial charge in [0.15, 0.2) is 0 Å². The molecule has 4 rings (SSSR count). The van der Waals surface area contributed by atoms with Crippen LogP contribution in [0.3, 0.4) is 0 Å². The predicted octanol–water partition coefficient (Wildman–Crippen LogP) is 5.74. The van der Waals surface area contributed by atoms with Crippen molar-refractivity contribution in [3.05, 3.63) is 87.1 Å². The summed E-state index contributed by atoms with van der Waals surface area (Å²) in [5, 5.41) is 18.8. The summed E-state index contributed by atoms with van der Waals surface area (Å²) in [5.41, 5.74) is 0.108. The number of nitrogens with zero attached hydrogens (tertiary/aromatic N) is 6. The van der Waals surface area contributed by atoms with Crippen molar-refractivity contribution < 1.29 is 31.3 Å². The molecule has 14 heteroatoms. The van der Waals surface area contributed by atoms with Crippen LogP contribution >= 0.6 is 0 Å². The van der Waals surface area contributed by atoms with E-state index in [-0.39, 0.29) is 34.7 Å². The molecule has 0 atom stereocenters. The molecule has 0 N–H and O–H groups in total. The second-order valence-corrected chi connectivity index (χ2v) is 8.03. The van der Waals surface area contributed by atoms with Crippen molar-refractivity contribution >= 4 is 5.69 Å². The standard InChI is InChI=1S/C22H16F6N6O2/c1-12-5-15(8-16(6-12)21(23,24)25)19-18(33-11-29-20(31-33)22(26,27)28)10-32(30-19)9-14-3-4-17(34(35)36)13(2)7-14/h3-8,10-11H,9H2,1-2H3. The topological polar surface area (TPSA) is 91.7 Å². The highest BCUT2D eigenvalue weighted by molar-refractivity contribution is 5.70. The minimum Gasteiger partial charge on any atom is -0.265 e. The maximum absolute atomic E-state index is 13.4. The van der Waals surface area contributed by atoms with E-state index in [0.29, 0.717) is 11.1 Å². The Morgan fingerprint density at radius 2 is 1.69 bits per heavy atom. The lowest BCUT2D eigenvalue weighted by molar-refractivity contribution is -0.385. The third-order valence-electron chi connectivity index (χ3n) is 5.22. The number of nitro groups is 1. The summed E-state index contributed by atoms with van der Waals surface area (Å²) in [5.74, 6) is -1.42. The number of nitro benzene ring substituents is 1. The summed E-state index contributed by atoms with van der Waals surface area (Å²) in [6.45, 7) is 3.03. The van der Waals surface area contributed by atoms with Gasteiger partial charge in [-0.05, 0) is 49.2 Å². The molecular formula is C22H16F6N6O2. The normalized spacial score (nSPS) is 12.2. The number of alkyl halides is 6. The molecule has 0 bridgehead atoms. The molecule has 2 aromatic heterocycles. The van der Waals surface area contributed by atoms with Gasteiger partial charge in [0.2, 0.25) is 0 Å². The van der Waals surface area contributed by atoms with Crippen molar-refractivity contribution in [2.75, 3.05) is 0 Å². The Hall–Kier alpha value is -4.23. The molecule has 2 heterocycles. The molecule has 0 aliphatic heterocycles. The van der Waals surface area contributed by atoms with Gasteiger partial charge >= 0.3 is 12.4 Å². The molecule has 36 heavy (non-hydrogen) atoms. The highest BCUT2D eigenvalue weighted by Gasteiger charge is 2.36. The Morgan fingerprint density at radius 3 is 2.28 bits per heavy atom. The van der Waals surface area contributed by atoms with E-state index in [1.165, 1.54) is 36.0 Å². The molecule has 0 aliphatic rings. The van der Waals surface area contributed by atoms with Crippen LogP contribution in [0.25, 0.3) is 16.9 Å². The van der Waals surface area contributed by atoms with E-state index in [4.69, 9.17) is 0 Å². The largest absolute Gasteiger partial charge is 0.453 e. The van der Waals surface area contributed by atoms with Crippen LogP contribution in [0.4, 0.5) is 32.0 Å². The number of aryl methyl sites for hydroxylation is 2. The van der Waals surface area contributed by atoms with Crippen molar-refractivity contribution in [2.24, 2.45) is 0 Å². The van der Waals surface area contributed by atoms with Gasteiger partial charge in [-0.1, -0.05) is 6.07 Å². The fourth-order valence-corrected chi connectivity index (χ4v) is 3.67. The number of rotatable bonds is 5. The fourth-order valence-electron chi connectivity index (χ4n) is 3.67. The quantitative estimate of drug-likeness (QED) is 0.194. The Kier molecular flexibility index (Phi) is 6.06. The van der Waals surface area contributed by atoms with Crippen molar-refractivity contribution in [3.8, 4) is 16.9 Å². The molecule has 0 saturated heterocycles. The number of halogens is 6. The molecule has 2 aromatic carbocycles. The van der Waals surface area contributed by atoms with Crippen LogP contribution in [-0.4, -0.2) is 29.5 Å². The molecule has 188 valence electrons. The summed E-state index contributed by atoms with van der Waals surface area (Å²) >= 11 is 0. The van der Waals surface area contributed by atoms with Gasteiger partial charge in [-0.2, -0.15) is 31.4 Å². The fraction of sp³-hybridized carbons (Fsp3) is 0.227. The van der Waals surface area contributed by atoms with Crippen molar-refractivity contribution in [1.82, 2.24) is 24.5 Å². The average Bonchev–Trinajstić information content (AvgIpc) is 3.39. The van der Waals surface area contributed by atoms with Crippen LogP contribution in [0.5, 0.6) is 0 Å². The third-order valence-corrected chi connectivity index (χ3v) is 5.22. The van der Waals surface area contributed by atoms with Gasteiger partial charge in [0.1, 0.15) is 17.7 Å². The van der Waals surface area contributed by atoms with E-state index in [9.17, 15) is 36.5 Å². The van der Waals surface area contributed by atoms with Crippen molar-refractivity contribution in [1.29, 1.82) is 0 Å². The maximum Gasteiger partial charge on any atom is 0.453 e. The van der Waals surface area contributed by atoms with Crippen LogP contribution in [0.15, 0.2) is 48.9 Å².